The van der Waals surface area contributed by atoms with E-state index in [0.29, 0.717) is 26.4 Å². The van der Waals surface area contributed by atoms with Crippen LogP contribution in [0.4, 0.5) is 11.4 Å². The van der Waals surface area contributed by atoms with Crippen molar-refractivity contribution in [1.29, 1.82) is 0 Å². The highest BCUT2D eigenvalue weighted by molar-refractivity contribution is 6.36. The van der Waals surface area contributed by atoms with Crippen LogP contribution in [0.3, 0.4) is 0 Å². The maximum absolute atomic E-state index is 12.2. The maximum Gasteiger partial charge on any atom is 0.226 e. The van der Waals surface area contributed by atoms with Crippen molar-refractivity contribution in [3.8, 4) is 0 Å². The van der Waals surface area contributed by atoms with E-state index in [2.05, 4.69) is 5.32 Å². The molecular weight excluding hydrogens is 383 g/mol. The molecule has 132 valence electrons. The second-order valence-corrected chi connectivity index (χ2v) is 6.73. The minimum Gasteiger partial charge on any atom is -0.325 e. The molecule has 25 heavy (non-hydrogen) atoms. The molecule has 2 aromatic carbocycles. The summed E-state index contributed by atoms with van der Waals surface area (Å²) < 4.78 is 0. The number of hydrogen-bond acceptors (Lipinski definition) is 2. The molecule has 2 rings (SSSR count). The van der Waals surface area contributed by atoms with Crippen LogP contribution in [0.2, 0.25) is 15.1 Å². The molecule has 4 nitrogen and oxygen atoms in total. The molecule has 0 fully saturated rings. The van der Waals surface area contributed by atoms with Gasteiger partial charge in [0.25, 0.3) is 0 Å². The van der Waals surface area contributed by atoms with E-state index in [4.69, 9.17) is 34.8 Å². The van der Waals surface area contributed by atoms with Gasteiger partial charge in [-0.15, -0.1) is 0 Å². The average molecular weight is 400 g/mol. The molecule has 0 aliphatic carbocycles. The van der Waals surface area contributed by atoms with Gasteiger partial charge in [0, 0.05) is 35.6 Å². The van der Waals surface area contributed by atoms with Crippen molar-refractivity contribution in [2.24, 2.45) is 0 Å². The van der Waals surface area contributed by atoms with Gasteiger partial charge < -0.3 is 10.2 Å². The predicted octanol–water partition coefficient (Wildman–Crippen LogP) is 5.34. The molecule has 0 heterocycles. The van der Waals surface area contributed by atoms with Crippen molar-refractivity contribution >= 4 is 58.0 Å². The van der Waals surface area contributed by atoms with Crippen LogP contribution in [0.15, 0.2) is 36.4 Å². The molecule has 0 aromatic heterocycles. The Morgan fingerprint density at radius 1 is 1.08 bits per heavy atom. The van der Waals surface area contributed by atoms with Crippen molar-refractivity contribution in [3.05, 3.63) is 57.0 Å². The van der Waals surface area contributed by atoms with E-state index in [1.807, 2.05) is 6.92 Å². The number of carbonyl (C=O) groups excluding carboxylic acids is 2. The number of rotatable bonds is 5. The van der Waals surface area contributed by atoms with E-state index in [0.717, 1.165) is 5.56 Å². The van der Waals surface area contributed by atoms with Crippen molar-refractivity contribution in [2.45, 2.75) is 20.3 Å². The van der Waals surface area contributed by atoms with E-state index >= 15 is 0 Å². The van der Waals surface area contributed by atoms with Crippen LogP contribution in [-0.2, 0) is 9.59 Å². The number of nitrogens with one attached hydrogen (secondary N) is 1. The van der Waals surface area contributed by atoms with E-state index < -0.39 is 0 Å². The van der Waals surface area contributed by atoms with Gasteiger partial charge >= 0.3 is 0 Å². The molecule has 0 atom stereocenters. The lowest BCUT2D eigenvalue weighted by molar-refractivity contribution is -0.117. The largest absolute Gasteiger partial charge is 0.325 e. The predicted molar refractivity (Wildman–Crippen MR) is 104 cm³/mol. The Kier molecular flexibility index (Phi) is 6.71. The van der Waals surface area contributed by atoms with Gasteiger partial charge in [0.05, 0.1) is 10.7 Å². The molecule has 0 radical (unpaired) electrons. The molecular formula is C18H17Cl3N2O2. The normalized spacial score (nSPS) is 10.4. The molecule has 0 spiro atoms. The van der Waals surface area contributed by atoms with Crippen LogP contribution in [-0.4, -0.2) is 18.4 Å². The Labute approximate surface area is 161 Å². The summed E-state index contributed by atoms with van der Waals surface area (Å²) in [5.74, 6) is -0.419. The minimum atomic E-state index is -0.254. The summed E-state index contributed by atoms with van der Waals surface area (Å²) in [7, 11) is 0. The monoisotopic (exact) mass is 398 g/mol. The standard InChI is InChI=1S/C18H17Cl3N2O2/c1-11-14(20)4-3-5-17(11)23(12(2)24)9-8-18(25)22-16-7-6-13(19)10-15(16)21/h3-7,10H,8-9H2,1-2H3,(H,22,25). The summed E-state index contributed by atoms with van der Waals surface area (Å²) >= 11 is 18.0. The van der Waals surface area contributed by atoms with E-state index in [1.165, 1.54) is 11.8 Å². The Bertz CT molecular complexity index is 809. The summed E-state index contributed by atoms with van der Waals surface area (Å²) in [6.07, 6.45) is 0.116. The Morgan fingerprint density at radius 2 is 1.80 bits per heavy atom. The van der Waals surface area contributed by atoms with Gasteiger partial charge in [-0.05, 0) is 42.8 Å². The maximum atomic E-state index is 12.2. The summed E-state index contributed by atoms with van der Waals surface area (Å²) in [4.78, 5) is 25.7. The van der Waals surface area contributed by atoms with Crippen molar-refractivity contribution in [3.63, 3.8) is 0 Å². The number of hydrogen-bond donors (Lipinski definition) is 1. The first-order valence-corrected chi connectivity index (χ1v) is 8.71. The highest BCUT2D eigenvalue weighted by Gasteiger charge is 2.17. The van der Waals surface area contributed by atoms with Crippen LogP contribution >= 0.6 is 34.8 Å². The Morgan fingerprint density at radius 3 is 2.44 bits per heavy atom. The fourth-order valence-corrected chi connectivity index (χ4v) is 2.98. The molecule has 0 saturated carbocycles. The van der Waals surface area contributed by atoms with Crippen LogP contribution in [0.5, 0.6) is 0 Å². The molecule has 0 saturated heterocycles. The molecule has 0 aliphatic rings. The zero-order valence-corrected chi connectivity index (χ0v) is 16.0. The highest BCUT2D eigenvalue weighted by atomic mass is 35.5. The van der Waals surface area contributed by atoms with Crippen LogP contribution in [0.1, 0.15) is 18.9 Å². The molecule has 0 unspecified atom stereocenters. The number of anilines is 2. The number of nitrogens with zero attached hydrogens (tertiary/aromatic N) is 1. The zero-order valence-electron chi connectivity index (χ0n) is 13.8. The van der Waals surface area contributed by atoms with Gasteiger partial charge in [0.15, 0.2) is 0 Å². The molecule has 2 aromatic rings. The third-order valence-corrected chi connectivity index (χ3v) is 4.63. The first kappa shape index (κ1) is 19.6. The van der Waals surface area contributed by atoms with Crippen LogP contribution in [0.25, 0.3) is 0 Å². The first-order chi connectivity index (χ1) is 11.8. The van der Waals surface area contributed by atoms with Crippen molar-refractivity contribution < 1.29 is 9.59 Å². The lowest BCUT2D eigenvalue weighted by atomic mass is 10.1. The number of amides is 2. The van der Waals surface area contributed by atoms with E-state index in [9.17, 15) is 9.59 Å². The van der Waals surface area contributed by atoms with Gasteiger partial charge in [-0.25, -0.2) is 0 Å². The quantitative estimate of drug-likeness (QED) is 0.738. The van der Waals surface area contributed by atoms with Gasteiger partial charge in [0.1, 0.15) is 0 Å². The van der Waals surface area contributed by atoms with Gasteiger partial charge in [-0.2, -0.15) is 0 Å². The SMILES string of the molecule is CC(=O)N(CCC(=O)Nc1ccc(Cl)cc1Cl)c1cccc(Cl)c1C. The summed E-state index contributed by atoms with van der Waals surface area (Å²) in [5.41, 5.74) is 1.96. The summed E-state index contributed by atoms with van der Waals surface area (Å²) in [5, 5.41) is 4.13. The van der Waals surface area contributed by atoms with Crippen LogP contribution < -0.4 is 10.2 Å². The average Bonchev–Trinajstić information content (AvgIpc) is 2.54. The molecule has 1 N–H and O–H groups in total. The number of carbonyl (C=O) groups is 2. The second kappa shape index (κ2) is 8.56. The topological polar surface area (TPSA) is 49.4 Å². The lowest BCUT2D eigenvalue weighted by Crippen LogP contribution is -2.32. The van der Waals surface area contributed by atoms with Gasteiger partial charge in [0.2, 0.25) is 11.8 Å². The Hall–Kier alpha value is -1.75. The first-order valence-electron chi connectivity index (χ1n) is 7.57. The zero-order chi connectivity index (χ0) is 18.6. The summed E-state index contributed by atoms with van der Waals surface area (Å²) in [6, 6.07) is 10.2. The van der Waals surface area contributed by atoms with Gasteiger partial charge in [-0.3, -0.25) is 9.59 Å². The van der Waals surface area contributed by atoms with Crippen molar-refractivity contribution in [1.82, 2.24) is 0 Å². The minimum absolute atomic E-state index is 0.116. The summed E-state index contributed by atoms with van der Waals surface area (Å²) in [6.45, 7) is 3.52. The number of benzene rings is 2. The fraction of sp³-hybridized carbons (Fsp3) is 0.222. The highest BCUT2D eigenvalue weighted by Crippen LogP contribution is 2.28. The molecule has 0 aliphatic heterocycles. The molecule has 0 bridgehead atoms. The Balaban J connectivity index is 2.07. The van der Waals surface area contributed by atoms with E-state index in [1.54, 1.807) is 36.4 Å². The second-order valence-electron chi connectivity index (χ2n) is 5.48. The number of halogens is 3. The van der Waals surface area contributed by atoms with Crippen molar-refractivity contribution in [2.75, 3.05) is 16.8 Å². The smallest absolute Gasteiger partial charge is 0.226 e. The van der Waals surface area contributed by atoms with Gasteiger partial charge in [-0.1, -0.05) is 40.9 Å². The third-order valence-electron chi connectivity index (χ3n) is 3.68. The third kappa shape index (κ3) is 5.11. The van der Waals surface area contributed by atoms with E-state index in [-0.39, 0.29) is 24.8 Å². The fourth-order valence-electron chi connectivity index (χ4n) is 2.35. The lowest BCUT2D eigenvalue weighted by Gasteiger charge is -2.23. The molecule has 2 amide bonds. The van der Waals surface area contributed by atoms with Crippen LogP contribution in [0, 0.1) is 6.92 Å². The molecule has 7 heteroatoms.